The molecule has 0 aliphatic rings. The Kier molecular flexibility index (Phi) is 154. The molecule has 0 aromatic heterocycles. The van der Waals surface area contributed by atoms with Crippen LogP contribution < -0.4 is 0 Å². The van der Waals surface area contributed by atoms with Crippen LogP contribution in [0.15, 0.2) is 0 Å². The first-order chi connectivity index (χ1) is 0. The van der Waals surface area contributed by atoms with Crippen LogP contribution in [0.5, 0.6) is 0 Å². The van der Waals surface area contributed by atoms with Gasteiger partial charge in [-0.25, -0.2) is 0 Å². The molecule has 23 valence electrons. The summed E-state index contributed by atoms with van der Waals surface area (Å²) in [5, 5.41) is 0. The van der Waals surface area contributed by atoms with Gasteiger partial charge in [0.25, 0.3) is 0 Å². The predicted octanol–water partition coefficient (Wildman–Crippen LogP) is 0.149. The van der Waals surface area contributed by atoms with Crippen LogP contribution in [0.1, 0.15) is 2.85 Å². The molecule has 0 spiro atoms. The normalized spacial score (nSPS) is 0. The third-order valence-corrected chi connectivity index (χ3v) is 0. The molecule has 0 nitrogen and oxygen atoms in total. The van der Waals surface area contributed by atoms with Gasteiger partial charge in [0.05, 0.1) is 0 Å². The fraction of sp³-hybridized carbons (Fsp3) is 0. The molecule has 4 heteroatoms. The van der Waals surface area contributed by atoms with Gasteiger partial charge in [0.1, 0.15) is 0 Å². The number of hydrogen-bond acceptors (Lipinski definition) is 0. The number of hydrogen-bond donors (Lipinski definition) is 0. The minimum absolute atomic E-state index is 0. The summed E-state index contributed by atoms with van der Waals surface area (Å²) in [5.74, 6) is 0. The van der Waals surface area contributed by atoms with Crippen LogP contribution in [0.3, 0.4) is 0 Å². The Balaban J connectivity index is 0. The predicted molar refractivity (Wildman–Crippen MR) is 13.0 cm³/mol. The second-order valence-corrected chi connectivity index (χ2v) is 0. The van der Waals surface area contributed by atoms with E-state index in [1.807, 2.05) is 0 Å². The van der Waals surface area contributed by atoms with Crippen molar-refractivity contribution in [3.8, 4) is 0 Å². The fourth-order valence-electron chi connectivity index (χ4n) is 0. The third kappa shape index (κ3) is 8.85. The molecule has 0 bridgehead atoms. The Hall–Kier alpha value is 2.31. The molecule has 0 rings (SSSR count). The number of halogens is 2. The fourth-order valence-corrected chi connectivity index (χ4v) is 0. The van der Waals surface area contributed by atoms with E-state index in [-0.39, 0.29) is 85.6 Å². The molecule has 0 saturated carbocycles. The maximum absolute atomic E-state index is 0. The second-order valence-electron chi connectivity index (χ2n) is 0. The van der Waals surface area contributed by atoms with E-state index in [9.17, 15) is 0 Å². The van der Waals surface area contributed by atoms with Crippen molar-refractivity contribution in [2.24, 2.45) is 0 Å². The smallest absolute Gasteiger partial charge is 1.00 e. The molecule has 0 N–H and O–H groups in total. The summed E-state index contributed by atoms with van der Waals surface area (Å²) in [6.45, 7) is 0. The van der Waals surface area contributed by atoms with Crippen molar-refractivity contribution in [1.82, 2.24) is 0 Å². The summed E-state index contributed by atoms with van der Waals surface area (Å²) >= 11 is 0. The zero-order valence-corrected chi connectivity index (χ0v) is 7.94. The largest absolute Gasteiger partial charge is 2.00 e. The van der Waals surface area contributed by atoms with Crippen LogP contribution in [0.2, 0.25) is 0 Å². The SMILES string of the molecule is F.F.[Ca+2].[H-].[H-].[La]. The Bertz CT molecular complexity index is 11.5. The van der Waals surface area contributed by atoms with Crippen molar-refractivity contribution in [3.05, 3.63) is 0 Å². The second kappa shape index (κ2) is 18.5. The van der Waals surface area contributed by atoms with Gasteiger partial charge >= 0.3 is 37.7 Å². The number of rotatable bonds is 0. The van der Waals surface area contributed by atoms with Gasteiger partial charge in [-0.05, 0) is 0 Å². The Morgan fingerprint density at radius 3 is 1.00 bits per heavy atom. The zero-order chi connectivity index (χ0) is 0. The first-order valence-electron chi connectivity index (χ1n) is 0. The summed E-state index contributed by atoms with van der Waals surface area (Å²) in [6.07, 6.45) is 0. The average Bonchev–Trinajstić information content (AvgIpc) is 0. The van der Waals surface area contributed by atoms with Crippen LogP contribution in [-0.4, -0.2) is 37.7 Å². The molecule has 4 heavy (non-hydrogen) atoms. The Morgan fingerprint density at radius 1 is 1.00 bits per heavy atom. The van der Waals surface area contributed by atoms with Crippen LogP contribution in [0, 0.1) is 35.6 Å². The van der Waals surface area contributed by atoms with E-state index in [2.05, 4.69) is 0 Å². The van der Waals surface area contributed by atoms with E-state index in [0.29, 0.717) is 0 Å². The van der Waals surface area contributed by atoms with Gasteiger partial charge in [0, 0.05) is 35.6 Å². The van der Waals surface area contributed by atoms with Gasteiger partial charge in [-0.2, -0.15) is 0 Å². The molecular weight excluding hydrogens is 217 g/mol. The van der Waals surface area contributed by atoms with Crippen molar-refractivity contribution in [1.29, 1.82) is 0 Å². The summed E-state index contributed by atoms with van der Waals surface area (Å²) in [5.41, 5.74) is 0. The topological polar surface area (TPSA) is 0 Å². The molecule has 0 aliphatic heterocycles. The van der Waals surface area contributed by atoms with Gasteiger partial charge in [0.15, 0.2) is 0 Å². The summed E-state index contributed by atoms with van der Waals surface area (Å²) in [4.78, 5) is 0. The maximum Gasteiger partial charge on any atom is 2.00 e. The van der Waals surface area contributed by atoms with E-state index < -0.39 is 0 Å². The monoisotopic (exact) mass is 221 g/mol. The van der Waals surface area contributed by atoms with Crippen molar-refractivity contribution in [2.45, 2.75) is 0 Å². The van der Waals surface area contributed by atoms with Crippen LogP contribution in [0.4, 0.5) is 9.41 Å². The van der Waals surface area contributed by atoms with Gasteiger partial charge in [0.2, 0.25) is 0 Å². The van der Waals surface area contributed by atoms with Gasteiger partial charge in [-0.3, -0.25) is 9.41 Å². The molecule has 0 amide bonds. The average molecular weight is 221 g/mol. The minimum atomic E-state index is 0. The molecule has 0 aromatic carbocycles. The van der Waals surface area contributed by atoms with Crippen molar-refractivity contribution in [2.75, 3.05) is 0 Å². The third-order valence-electron chi connectivity index (χ3n) is 0. The van der Waals surface area contributed by atoms with Crippen LogP contribution in [0.25, 0.3) is 0 Å². The molecule has 0 heterocycles. The molecule has 0 fully saturated rings. The van der Waals surface area contributed by atoms with Crippen LogP contribution in [-0.2, 0) is 0 Å². The molecule has 0 aromatic rings. The van der Waals surface area contributed by atoms with E-state index in [0.717, 1.165) is 0 Å². The molecule has 0 atom stereocenters. The summed E-state index contributed by atoms with van der Waals surface area (Å²) in [7, 11) is 0. The van der Waals surface area contributed by atoms with E-state index >= 15 is 0 Å². The molecule has 0 saturated heterocycles. The van der Waals surface area contributed by atoms with Gasteiger partial charge < -0.3 is 2.85 Å². The van der Waals surface area contributed by atoms with Gasteiger partial charge in [-0.15, -0.1) is 0 Å². The van der Waals surface area contributed by atoms with Gasteiger partial charge in [-0.1, -0.05) is 0 Å². The first-order valence-corrected chi connectivity index (χ1v) is 0. The van der Waals surface area contributed by atoms with Crippen molar-refractivity contribution < 1.29 is 47.9 Å². The molecule has 0 unspecified atom stereocenters. The molecular formula is H4CaF2La. The van der Waals surface area contributed by atoms with E-state index in [1.165, 1.54) is 0 Å². The standard InChI is InChI=1S/Ca.2FH.La.2H/h;2*1H;;;/q+2;;;;2*-1. The van der Waals surface area contributed by atoms with E-state index in [1.54, 1.807) is 0 Å². The maximum atomic E-state index is 0. The van der Waals surface area contributed by atoms with Crippen molar-refractivity contribution >= 4 is 37.7 Å². The summed E-state index contributed by atoms with van der Waals surface area (Å²) < 4.78 is 0. The first kappa shape index (κ1) is 33.3. The molecule has 1 radical (unpaired) electrons. The van der Waals surface area contributed by atoms with Crippen molar-refractivity contribution in [3.63, 3.8) is 0 Å². The minimum Gasteiger partial charge on any atom is -1.00 e. The quantitative estimate of drug-likeness (QED) is 0.511. The Morgan fingerprint density at radius 2 is 1.00 bits per heavy atom. The van der Waals surface area contributed by atoms with E-state index in [4.69, 9.17) is 0 Å². The molecule has 0 aliphatic carbocycles. The van der Waals surface area contributed by atoms with Crippen LogP contribution >= 0.6 is 0 Å². The summed E-state index contributed by atoms with van der Waals surface area (Å²) in [6, 6.07) is 0. The Labute approximate surface area is 84.0 Å². The zero-order valence-electron chi connectivity index (χ0n) is 4.10.